The summed E-state index contributed by atoms with van der Waals surface area (Å²) in [5, 5.41) is 0. The molecule has 17 heavy (non-hydrogen) atoms. The Kier molecular flexibility index (Phi) is 2.95. The molecule has 2 aromatic rings. The number of furan rings is 1. The van der Waals surface area contributed by atoms with Crippen molar-refractivity contribution in [2.75, 3.05) is 7.11 Å². The molecule has 0 aliphatic carbocycles. The highest BCUT2D eigenvalue weighted by Crippen LogP contribution is 2.17. The number of rotatable bonds is 3. The first-order valence-corrected chi connectivity index (χ1v) is 5.23. The summed E-state index contributed by atoms with van der Waals surface area (Å²) >= 11 is 0. The maximum Gasteiger partial charge on any atom is 0.229 e. The number of methoxy groups -OCH3 is 1. The van der Waals surface area contributed by atoms with Gasteiger partial charge in [0.25, 0.3) is 0 Å². The van der Waals surface area contributed by atoms with Gasteiger partial charge in [-0.1, -0.05) is 0 Å². The molecule has 0 fully saturated rings. The van der Waals surface area contributed by atoms with Gasteiger partial charge in [-0.15, -0.1) is 0 Å². The molecule has 4 heteroatoms. The number of ketones is 1. The van der Waals surface area contributed by atoms with Gasteiger partial charge >= 0.3 is 0 Å². The lowest BCUT2D eigenvalue weighted by atomic mass is 10.1. The predicted octanol–water partition coefficient (Wildman–Crippen LogP) is 2.53. The number of hydrogen-bond donors (Lipinski definition) is 0. The van der Waals surface area contributed by atoms with Crippen LogP contribution in [-0.4, -0.2) is 17.9 Å². The van der Waals surface area contributed by atoms with Crippen molar-refractivity contribution in [3.63, 3.8) is 0 Å². The summed E-state index contributed by atoms with van der Waals surface area (Å²) < 4.78 is 10.3. The monoisotopic (exact) mass is 231 g/mol. The standard InChI is InChI=1S/C13H13NO3/c1-8-6-11(17-9(8)2)13(15)10-4-5-12(16-3)14-7-10/h4-7H,1-3H3. The number of aryl methyl sites for hydroxylation is 2. The summed E-state index contributed by atoms with van der Waals surface area (Å²) in [4.78, 5) is 16.0. The van der Waals surface area contributed by atoms with Gasteiger partial charge in [0.15, 0.2) is 5.76 Å². The van der Waals surface area contributed by atoms with E-state index in [-0.39, 0.29) is 5.78 Å². The molecule has 0 saturated heterocycles. The van der Waals surface area contributed by atoms with Crippen LogP contribution < -0.4 is 4.74 Å². The molecule has 0 saturated carbocycles. The van der Waals surface area contributed by atoms with E-state index >= 15 is 0 Å². The molecular weight excluding hydrogens is 218 g/mol. The Bertz CT molecular complexity index is 521. The molecule has 2 rings (SSSR count). The van der Waals surface area contributed by atoms with Crippen molar-refractivity contribution >= 4 is 5.78 Å². The van der Waals surface area contributed by atoms with E-state index in [1.54, 1.807) is 18.2 Å². The number of aromatic nitrogens is 1. The average Bonchev–Trinajstić information content (AvgIpc) is 2.69. The Morgan fingerprint density at radius 2 is 2.12 bits per heavy atom. The molecule has 0 bridgehead atoms. The third-order valence-corrected chi connectivity index (χ3v) is 2.60. The van der Waals surface area contributed by atoms with E-state index in [1.807, 2.05) is 13.8 Å². The molecular formula is C13H13NO3. The highest BCUT2D eigenvalue weighted by atomic mass is 16.5. The lowest BCUT2D eigenvalue weighted by Gasteiger charge is -1.99. The van der Waals surface area contributed by atoms with Crippen LogP contribution in [-0.2, 0) is 0 Å². The Labute approximate surface area is 99.2 Å². The quantitative estimate of drug-likeness (QED) is 0.762. The summed E-state index contributed by atoms with van der Waals surface area (Å²) in [5.41, 5.74) is 1.45. The Morgan fingerprint density at radius 3 is 2.59 bits per heavy atom. The van der Waals surface area contributed by atoms with Crippen LogP contribution in [0.3, 0.4) is 0 Å². The lowest BCUT2D eigenvalue weighted by Crippen LogP contribution is -2.00. The van der Waals surface area contributed by atoms with Gasteiger partial charge in [-0.05, 0) is 31.5 Å². The number of carbonyl (C=O) groups excluding carboxylic acids is 1. The molecule has 0 aromatic carbocycles. The Balaban J connectivity index is 2.30. The number of ether oxygens (including phenoxy) is 1. The zero-order valence-electron chi connectivity index (χ0n) is 9.98. The van der Waals surface area contributed by atoms with Crippen LogP contribution in [0.5, 0.6) is 5.88 Å². The van der Waals surface area contributed by atoms with Crippen molar-refractivity contribution in [2.45, 2.75) is 13.8 Å². The van der Waals surface area contributed by atoms with Crippen molar-refractivity contribution < 1.29 is 13.9 Å². The van der Waals surface area contributed by atoms with Gasteiger partial charge in [0.1, 0.15) is 5.76 Å². The fourth-order valence-corrected chi connectivity index (χ4v) is 1.46. The third kappa shape index (κ3) is 2.20. The van der Waals surface area contributed by atoms with E-state index in [2.05, 4.69) is 4.98 Å². The van der Waals surface area contributed by atoms with E-state index < -0.39 is 0 Å². The molecule has 2 heterocycles. The van der Waals surface area contributed by atoms with Crippen molar-refractivity contribution in [3.8, 4) is 5.88 Å². The Hall–Kier alpha value is -2.10. The maximum atomic E-state index is 12.0. The first-order chi connectivity index (χ1) is 8.11. The lowest BCUT2D eigenvalue weighted by molar-refractivity contribution is 0.101. The molecule has 0 unspecified atom stereocenters. The fourth-order valence-electron chi connectivity index (χ4n) is 1.46. The molecule has 0 spiro atoms. The van der Waals surface area contributed by atoms with Crippen LogP contribution in [0, 0.1) is 13.8 Å². The first kappa shape index (κ1) is 11.4. The summed E-state index contributed by atoms with van der Waals surface area (Å²) in [6.07, 6.45) is 1.48. The van der Waals surface area contributed by atoms with Crippen LogP contribution in [0.1, 0.15) is 27.4 Å². The normalized spacial score (nSPS) is 10.3. The smallest absolute Gasteiger partial charge is 0.229 e. The number of carbonyl (C=O) groups is 1. The predicted molar refractivity (Wildman–Crippen MR) is 62.4 cm³/mol. The highest BCUT2D eigenvalue weighted by Gasteiger charge is 2.15. The van der Waals surface area contributed by atoms with Crippen molar-refractivity contribution in [1.82, 2.24) is 4.98 Å². The van der Waals surface area contributed by atoms with Crippen LogP contribution in [0.4, 0.5) is 0 Å². The Morgan fingerprint density at radius 1 is 1.35 bits per heavy atom. The molecule has 0 atom stereocenters. The van der Waals surface area contributed by atoms with Gasteiger partial charge in [0.05, 0.1) is 7.11 Å². The molecule has 0 aliphatic heterocycles. The molecule has 2 aromatic heterocycles. The summed E-state index contributed by atoms with van der Waals surface area (Å²) in [6.45, 7) is 3.74. The van der Waals surface area contributed by atoms with Gasteiger partial charge in [-0.25, -0.2) is 4.98 Å². The second-order valence-electron chi connectivity index (χ2n) is 3.77. The molecule has 0 radical (unpaired) electrons. The van der Waals surface area contributed by atoms with Crippen LogP contribution >= 0.6 is 0 Å². The second-order valence-corrected chi connectivity index (χ2v) is 3.77. The van der Waals surface area contributed by atoms with Crippen molar-refractivity contribution in [2.24, 2.45) is 0 Å². The zero-order chi connectivity index (χ0) is 12.4. The van der Waals surface area contributed by atoms with E-state index in [0.717, 1.165) is 11.3 Å². The van der Waals surface area contributed by atoms with E-state index in [4.69, 9.17) is 9.15 Å². The van der Waals surface area contributed by atoms with Gasteiger partial charge in [0, 0.05) is 17.8 Å². The van der Waals surface area contributed by atoms with E-state index in [1.165, 1.54) is 13.3 Å². The minimum Gasteiger partial charge on any atom is -0.481 e. The highest BCUT2D eigenvalue weighted by molar-refractivity contribution is 6.07. The minimum absolute atomic E-state index is 0.170. The second kappa shape index (κ2) is 4.41. The fraction of sp³-hybridized carbons (Fsp3) is 0.231. The number of nitrogens with zero attached hydrogens (tertiary/aromatic N) is 1. The molecule has 0 N–H and O–H groups in total. The number of hydrogen-bond acceptors (Lipinski definition) is 4. The van der Waals surface area contributed by atoms with Gasteiger partial charge < -0.3 is 9.15 Å². The largest absolute Gasteiger partial charge is 0.481 e. The first-order valence-electron chi connectivity index (χ1n) is 5.23. The van der Waals surface area contributed by atoms with Crippen LogP contribution in [0.25, 0.3) is 0 Å². The van der Waals surface area contributed by atoms with Gasteiger partial charge in [-0.2, -0.15) is 0 Å². The van der Waals surface area contributed by atoms with Crippen molar-refractivity contribution in [3.05, 3.63) is 47.0 Å². The SMILES string of the molecule is COc1ccc(C(=O)c2cc(C)c(C)o2)cn1. The summed E-state index contributed by atoms with van der Waals surface area (Å²) in [5.74, 6) is 1.41. The van der Waals surface area contributed by atoms with Gasteiger partial charge in [-0.3, -0.25) is 4.79 Å². The topological polar surface area (TPSA) is 52.3 Å². The van der Waals surface area contributed by atoms with Crippen LogP contribution in [0.2, 0.25) is 0 Å². The molecule has 0 amide bonds. The number of pyridine rings is 1. The minimum atomic E-state index is -0.170. The zero-order valence-corrected chi connectivity index (χ0v) is 9.98. The molecule has 4 nitrogen and oxygen atoms in total. The van der Waals surface area contributed by atoms with Crippen molar-refractivity contribution in [1.29, 1.82) is 0 Å². The van der Waals surface area contributed by atoms with E-state index in [9.17, 15) is 4.79 Å². The average molecular weight is 231 g/mol. The van der Waals surface area contributed by atoms with Gasteiger partial charge in [0.2, 0.25) is 11.7 Å². The summed E-state index contributed by atoms with van der Waals surface area (Å²) in [6, 6.07) is 5.05. The van der Waals surface area contributed by atoms with Crippen LogP contribution in [0.15, 0.2) is 28.8 Å². The molecule has 88 valence electrons. The summed E-state index contributed by atoms with van der Waals surface area (Å²) in [7, 11) is 1.53. The third-order valence-electron chi connectivity index (χ3n) is 2.60. The maximum absolute atomic E-state index is 12.0. The molecule has 0 aliphatic rings. The van der Waals surface area contributed by atoms with E-state index in [0.29, 0.717) is 17.2 Å².